The first kappa shape index (κ1) is 19.0. The Labute approximate surface area is 146 Å². The summed E-state index contributed by atoms with van der Waals surface area (Å²) < 4.78 is 15.5. The van der Waals surface area contributed by atoms with Crippen LogP contribution in [-0.2, 0) is 19.0 Å². The number of ether oxygens (including phenoxy) is 3. The Morgan fingerprint density at radius 3 is 2.40 bits per heavy atom. The molecule has 1 fully saturated rings. The normalized spacial score (nSPS) is 14.5. The number of hydrogen-bond acceptors (Lipinski definition) is 6. The molecule has 0 aromatic carbocycles. The molecule has 2 rings (SSSR count). The molecule has 2 heterocycles. The van der Waals surface area contributed by atoms with Crippen LogP contribution in [0.25, 0.3) is 0 Å². The number of carbonyl (C=O) groups excluding carboxylic acids is 3. The van der Waals surface area contributed by atoms with Crippen LogP contribution in [0.3, 0.4) is 0 Å². The molecule has 0 saturated carbocycles. The van der Waals surface area contributed by atoms with Crippen molar-refractivity contribution in [1.82, 2.24) is 9.88 Å². The molecule has 25 heavy (non-hydrogen) atoms. The van der Waals surface area contributed by atoms with Crippen LogP contribution >= 0.6 is 0 Å². The number of nitrogens with zero attached hydrogens (tertiary/aromatic N) is 1. The van der Waals surface area contributed by atoms with Crippen molar-refractivity contribution in [3.63, 3.8) is 0 Å². The molecule has 0 aliphatic carbocycles. The number of aromatic nitrogens is 1. The number of nitrogens with one attached hydrogen (secondary N) is 1. The van der Waals surface area contributed by atoms with Crippen molar-refractivity contribution in [1.29, 1.82) is 0 Å². The van der Waals surface area contributed by atoms with Crippen LogP contribution in [0.15, 0.2) is 0 Å². The van der Waals surface area contributed by atoms with Gasteiger partial charge in [0, 0.05) is 18.8 Å². The Bertz CT molecular complexity index is 658. The lowest BCUT2D eigenvalue weighted by Gasteiger charge is -2.26. The number of morpholine rings is 1. The Morgan fingerprint density at radius 1 is 1.16 bits per heavy atom. The van der Waals surface area contributed by atoms with Gasteiger partial charge >= 0.3 is 11.9 Å². The number of aryl methyl sites for hydroxylation is 1. The Balaban J connectivity index is 2.02. The number of amides is 1. The number of hydrogen-bond donors (Lipinski definition) is 1. The number of esters is 2. The maximum atomic E-state index is 12.3. The second-order valence-electron chi connectivity index (χ2n) is 6.15. The van der Waals surface area contributed by atoms with E-state index >= 15 is 0 Å². The van der Waals surface area contributed by atoms with Gasteiger partial charge in [-0.25, -0.2) is 9.59 Å². The third kappa shape index (κ3) is 4.60. The van der Waals surface area contributed by atoms with Crippen molar-refractivity contribution >= 4 is 17.8 Å². The lowest BCUT2D eigenvalue weighted by molar-refractivity contribution is -0.138. The molecular weight excluding hydrogens is 328 g/mol. The molecule has 1 amide bonds. The van der Waals surface area contributed by atoms with E-state index in [0.29, 0.717) is 43.1 Å². The maximum Gasteiger partial charge on any atom is 0.355 e. The smallest absolute Gasteiger partial charge is 0.355 e. The first-order valence-electron chi connectivity index (χ1n) is 8.24. The summed E-state index contributed by atoms with van der Waals surface area (Å²) in [5, 5.41) is 0. The molecule has 0 atom stereocenters. The van der Waals surface area contributed by atoms with Gasteiger partial charge in [-0.05, 0) is 33.3 Å². The SMILES string of the molecule is Cc1[nH]c(C(=O)OCC(=O)N2CCOCC2)c(C)c1C(=O)OC(C)C. The second-order valence-corrected chi connectivity index (χ2v) is 6.15. The van der Waals surface area contributed by atoms with Gasteiger partial charge in [0.05, 0.1) is 24.9 Å². The molecule has 1 N–H and O–H groups in total. The summed E-state index contributed by atoms with van der Waals surface area (Å²) in [5.41, 5.74) is 1.45. The average molecular weight is 352 g/mol. The number of carbonyl (C=O) groups is 3. The summed E-state index contributed by atoms with van der Waals surface area (Å²) in [6, 6.07) is 0. The highest BCUT2D eigenvalue weighted by Gasteiger charge is 2.25. The lowest BCUT2D eigenvalue weighted by atomic mass is 10.1. The Hall–Kier alpha value is -2.35. The molecule has 8 nitrogen and oxygen atoms in total. The minimum atomic E-state index is -0.675. The van der Waals surface area contributed by atoms with E-state index in [1.165, 1.54) is 0 Å². The lowest BCUT2D eigenvalue weighted by Crippen LogP contribution is -2.42. The first-order valence-corrected chi connectivity index (χ1v) is 8.24. The molecule has 0 unspecified atom stereocenters. The van der Waals surface area contributed by atoms with Crippen molar-refractivity contribution in [2.75, 3.05) is 32.9 Å². The third-order valence-electron chi connectivity index (χ3n) is 3.88. The zero-order valence-corrected chi connectivity index (χ0v) is 15.0. The van der Waals surface area contributed by atoms with Crippen LogP contribution in [0.2, 0.25) is 0 Å². The maximum absolute atomic E-state index is 12.3. The zero-order valence-electron chi connectivity index (χ0n) is 15.0. The molecule has 1 aromatic rings. The fraction of sp³-hybridized carbons (Fsp3) is 0.588. The summed E-state index contributed by atoms with van der Waals surface area (Å²) in [5.74, 6) is -1.44. The van der Waals surface area contributed by atoms with Gasteiger partial charge in [-0.15, -0.1) is 0 Å². The summed E-state index contributed by atoms with van der Waals surface area (Å²) in [4.78, 5) is 40.9. The van der Waals surface area contributed by atoms with Crippen LogP contribution in [0.5, 0.6) is 0 Å². The summed E-state index contributed by atoms with van der Waals surface area (Å²) >= 11 is 0. The molecule has 8 heteroatoms. The van der Waals surface area contributed by atoms with Gasteiger partial charge < -0.3 is 24.1 Å². The second kappa shape index (κ2) is 8.15. The monoisotopic (exact) mass is 352 g/mol. The van der Waals surface area contributed by atoms with Crippen LogP contribution < -0.4 is 0 Å². The van der Waals surface area contributed by atoms with Crippen molar-refractivity contribution in [3.05, 3.63) is 22.5 Å². The van der Waals surface area contributed by atoms with Crippen LogP contribution in [-0.4, -0.2) is 66.7 Å². The van der Waals surface area contributed by atoms with Gasteiger partial charge in [0.1, 0.15) is 5.69 Å². The van der Waals surface area contributed by atoms with Gasteiger partial charge in [-0.2, -0.15) is 0 Å². The van der Waals surface area contributed by atoms with Gasteiger partial charge in [0.2, 0.25) is 0 Å². The fourth-order valence-corrected chi connectivity index (χ4v) is 2.64. The molecule has 0 spiro atoms. The predicted octanol–water partition coefficient (Wildman–Crippen LogP) is 1.21. The summed E-state index contributed by atoms with van der Waals surface area (Å²) in [6.45, 7) is 8.42. The molecule has 0 bridgehead atoms. The third-order valence-corrected chi connectivity index (χ3v) is 3.88. The molecule has 1 aliphatic heterocycles. The van der Waals surface area contributed by atoms with E-state index in [1.807, 2.05) is 0 Å². The fourth-order valence-electron chi connectivity index (χ4n) is 2.64. The summed E-state index contributed by atoms with van der Waals surface area (Å²) in [6.07, 6.45) is -0.261. The topological polar surface area (TPSA) is 97.9 Å². The highest BCUT2D eigenvalue weighted by molar-refractivity contribution is 5.99. The van der Waals surface area contributed by atoms with E-state index in [9.17, 15) is 14.4 Å². The van der Waals surface area contributed by atoms with Crippen LogP contribution in [0, 0.1) is 13.8 Å². The van der Waals surface area contributed by atoms with E-state index < -0.39 is 11.9 Å². The molecule has 1 aliphatic rings. The average Bonchev–Trinajstić information content (AvgIpc) is 2.87. The van der Waals surface area contributed by atoms with Crippen molar-refractivity contribution < 1.29 is 28.6 Å². The van der Waals surface area contributed by atoms with E-state index in [1.54, 1.807) is 32.6 Å². The molecule has 1 saturated heterocycles. The largest absolute Gasteiger partial charge is 0.459 e. The highest BCUT2D eigenvalue weighted by Crippen LogP contribution is 2.20. The minimum absolute atomic E-state index is 0.156. The van der Waals surface area contributed by atoms with Gasteiger partial charge in [0.15, 0.2) is 6.61 Å². The first-order chi connectivity index (χ1) is 11.8. The number of aromatic amines is 1. The van der Waals surface area contributed by atoms with Crippen molar-refractivity contribution in [2.45, 2.75) is 33.8 Å². The number of H-pyrrole nitrogens is 1. The molecule has 0 radical (unpaired) electrons. The Morgan fingerprint density at radius 2 is 1.80 bits per heavy atom. The zero-order chi connectivity index (χ0) is 18.6. The quantitative estimate of drug-likeness (QED) is 0.800. The van der Waals surface area contributed by atoms with E-state index in [2.05, 4.69) is 4.98 Å². The predicted molar refractivity (Wildman–Crippen MR) is 88.5 cm³/mol. The van der Waals surface area contributed by atoms with E-state index in [0.717, 1.165) is 0 Å². The van der Waals surface area contributed by atoms with Crippen LogP contribution in [0.4, 0.5) is 0 Å². The van der Waals surface area contributed by atoms with Gasteiger partial charge in [-0.1, -0.05) is 0 Å². The molecule has 1 aromatic heterocycles. The van der Waals surface area contributed by atoms with Crippen molar-refractivity contribution in [2.24, 2.45) is 0 Å². The van der Waals surface area contributed by atoms with Gasteiger partial charge in [-0.3, -0.25) is 4.79 Å². The summed E-state index contributed by atoms with van der Waals surface area (Å²) in [7, 11) is 0. The van der Waals surface area contributed by atoms with Crippen LogP contribution in [0.1, 0.15) is 46.0 Å². The highest BCUT2D eigenvalue weighted by atomic mass is 16.5. The molecule has 138 valence electrons. The van der Waals surface area contributed by atoms with E-state index in [-0.39, 0.29) is 24.3 Å². The van der Waals surface area contributed by atoms with E-state index in [4.69, 9.17) is 14.2 Å². The van der Waals surface area contributed by atoms with Gasteiger partial charge in [0.25, 0.3) is 5.91 Å². The number of rotatable bonds is 5. The molecular formula is C17H24N2O6. The Kier molecular flexibility index (Phi) is 6.19. The standard InChI is InChI=1S/C17H24N2O6/c1-10(2)25-16(21)14-11(3)15(18-12(14)4)17(22)24-9-13(20)19-5-7-23-8-6-19/h10,18H,5-9H2,1-4H3. The minimum Gasteiger partial charge on any atom is -0.459 e. The van der Waals surface area contributed by atoms with Crippen molar-refractivity contribution in [3.8, 4) is 0 Å².